The summed E-state index contributed by atoms with van der Waals surface area (Å²) in [4.78, 5) is 40.6. The van der Waals surface area contributed by atoms with E-state index >= 15 is 0 Å². The molecule has 0 saturated heterocycles. The number of carbonyl (C=O) groups is 1. The van der Waals surface area contributed by atoms with E-state index in [1.807, 2.05) is 67.0 Å². The van der Waals surface area contributed by atoms with Gasteiger partial charge in [0.2, 0.25) is 6.29 Å². The molecule has 9 heteroatoms. The van der Waals surface area contributed by atoms with Crippen LogP contribution in [0.4, 0.5) is 0 Å². The van der Waals surface area contributed by atoms with Gasteiger partial charge in [-0.3, -0.25) is 9.78 Å². The van der Waals surface area contributed by atoms with Gasteiger partial charge in [0, 0.05) is 62.6 Å². The first-order chi connectivity index (χ1) is 17.2. The van der Waals surface area contributed by atoms with E-state index in [0.717, 1.165) is 35.8 Å². The number of allylic oxidation sites excluding steroid dienone is 2. The first-order valence-electron chi connectivity index (χ1n) is 11.8. The number of nitrogens with zero attached hydrogens (tertiary/aromatic N) is 7. The molecule has 1 amide bonds. The smallest absolute Gasteiger partial charge is 0.270 e. The van der Waals surface area contributed by atoms with Crippen LogP contribution in [0.15, 0.2) is 76.2 Å². The molecule has 0 aromatic carbocycles. The number of aromatic amines is 1. The van der Waals surface area contributed by atoms with Gasteiger partial charge in [0.15, 0.2) is 0 Å². The largest absolute Gasteiger partial charge is 0.357 e. The van der Waals surface area contributed by atoms with Crippen LogP contribution < -0.4 is 0 Å². The lowest BCUT2D eigenvalue weighted by molar-refractivity contribution is 0.0702. The van der Waals surface area contributed by atoms with Gasteiger partial charge in [0.1, 0.15) is 11.5 Å². The summed E-state index contributed by atoms with van der Waals surface area (Å²) >= 11 is 0. The predicted molar refractivity (Wildman–Crippen MR) is 136 cm³/mol. The van der Waals surface area contributed by atoms with Gasteiger partial charge in [-0.2, -0.15) is 0 Å². The minimum atomic E-state index is -0.522. The monoisotopic (exact) mass is 468 g/mol. The summed E-state index contributed by atoms with van der Waals surface area (Å²) in [5.41, 5.74) is 3.30. The van der Waals surface area contributed by atoms with Crippen LogP contribution in [-0.4, -0.2) is 61.3 Å². The van der Waals surface area contributed by atoms with Gasteiger partial charge in [-0.1, -0.05) is 18.2 Å². The molecular weight excluding hydrogens is 440 g/mol. The quantitative estimate of drug-likeness (QED) is 0.423. The third-order valence-electron chi connectivity index (χ3n) is 6.18. The number of hydrogen-bond acceptors (Lipinski definition) is 6. The number of carbonyl (C=O) groups excluding carboxylic acids is 1. The summed E-state index contributed by atoms with van der Waals surface area (Å²) < 4.78 is 2.09. The molecule has 0 saturated carbocycles. The number of pyridine rings is 1. The van der Waals surface area contributed by atoms with Crippen molar-refractivity contribution >= 4 is 24.0 Å². The van der Waals surface area contributed by atoms with E-state index in [2.05, 4.69) is 40.6 Å². The zero-order valence-electron chi connectivity index (χ0n) is 19.7. The lowest BCUT2D eigenvalue weighted by Crippen LogP contribution is -2.38. The number of rotatable bonds is 7. The second kappa shape index (κ2) is 10.4. The van der Waals surface area contributed by atoms with Crippen LogP contribution in [-0.2, 0) is 13.1 Å². The fourth-order valence-corrected chi connectivity index (χ4v) is 4.25. The van der Waals surface area contributed by atoms with Crippen molar-refractivity contribution in [2.24, 2.45) is 15.0 Å². The minimum absolute atomic E-state index is 0.00474. The highest BCUT2D eigenvalue weighted by atomic mass is 16.2. The number of amides is 1. The molecule has 2 atom stereocenters. The highest BCUT2D eigenvalue weighted by molar-refractivity contribution is 6.07. The molecule has 0 radical (unpaired) electrons. The molecule has 178 valence electrons. The Morgan fingerprint density at radius 3 is 3.09 bits per heavy atom. The third kappa shape index (κ3) is 5.18. The molecule has 9 nitrogen and oxygen atoms in total. The number of imidazole rings is 1. The second-order valence-electron chi connectivity index (χ2n) is 8.49. The molecular formula is C26H28N8O. The Balaban J connectivity index is 1.31. The van der Waals surface area contributed by atoms with Crippen LogP contribution >= 0.6 is 0 Å². The number of H-pyrrole nitrogens is 1. The third-order valence-corrected chi connectivity index (χ3v) is 6.18. The maximum Gasteiger partial charge on any atom is 0.270 e. The maximum atomic E-state index is 13.1. The molecule has 35 heavy (non-hydrogen) atoms. The Bertz CT molecular complexity index is 1280. The van der Waals surface area contributed by atoms with Gasteiger partial charge in [0.05, 0.1) is 18.0 Å². The molecule has 0 fully saturated rings. The normalized spacial score (nSPS) is 18.7. The number of aromatic nitrogens is 4. The highest BCUT2D eigenvalue weighted by Gasteiger charge is 2.24. The molecule has 2 aliphatic heterocycles. The summed E-state index contributed by atoms with van der Waals surface area (Å²) in [6, 6.07) is 7.71. The molecule has 3 aromatic heterocycles. The summed E-state index contributed by atoms with van der Waals surface area (Å²) in [5, 5.41) is 0. The van der Waals surface area contributed by atoms with Crippen LogP contribution in [0.1, 0.15) is 53.3 Å². The maximum absolute atomic E-state index is 13.1. The molecule has 2 unspecified atom stereocenters. The Morgan fingerprint density at radius 2 is 2.23 bits per heavy atom. The van der Waals surface area contributed by atoms with Gasteiger partial charge in [-0.05, 0) is 37.1 Å². The van der Waals surface area contributed by atoms with E-state index < -0.39 is 6.29 Å². The van der Waals surface area contributed by atoms with Crippen LogP contribution in [0, 0.1) is 0 Å². The number of fused-ring (bicyclic) bond motifs is 1. The lowest BCUT2D eigenvalue weighted by Gasteiger charge is -2.27. The zero-order chi connectivity index (χ0) is 24.0. The van der Waals surface area contributed by atoms with E-state index in [0.29, 0.717) is 25.2 Å². The summed E-state index contributed by atoms with van der Waals surface area (Å²) in [5.74, 6) is 0.886. The standard InChI is InChI=1S/C26H28N8O/c1-2-3-6-19(16-31-26-29-10-8-22(32-26)21-7-4-5-9-27-21)20-15-23(30-17-20)25(35)34-14-13-33-12-11-28-24(33)18-34/h2-5,7,9-12,15-17,19,26,30H,6,8,13-14,18H2,1H3. The van der Waals surface area contributed by atoms with Crippen molar-refractivity contribution < 1.29 is 4.79 Å². The molecule has 0 spiro atoms. The molecule has 3 aromatic rings. The molecule has 5 rings (SSSR count). The zero-order valence-corrected chi connectivity index (χ0v) is 19.7. The van der Waals surface area contributed by atoms with Crippen LogP contribution in [0.3, 0.4) is 0 Å². The summed E-state index contributed by atoms with van der Waals surface area (Å²) in [6.07, 6.45) is 16.1. The Labute approximate surface area is 204 Å². The Hall–Kier alpha value is -4.14. The van der Waals surface area contributed by atoms with Gasteiger partial charge in [-0.15, -0.1) is 0 Å². The van der Waals surface area contributed by atoms with Crippen LogP contribution in [0.5, 0.6) is 0 Å². The van der Waals surface area contributed by atoms with Crippen LogP contribution in [0.25, 0.3) is 0 Å². The van der Waals surface area contributed by atoms with Gasteiger partial charge >= 0.3 is 0 Å². The second-order valence-corrected chi connectivity index (χ2v) is 8.49. The highest BCUT2D eigenvalue weighted by Crippen LogP contribution is 2.22. The van der Waals surface area contributed by atoms with Crippen molar-refractivity contribution in [1.82, 2.24) is 24.4 Å². The molecule has 0 aliphatic carbocycles. The molecule has 2 aliphatic rings. The average Bonchev–Trinajstić information content (AvgIpc) is 3.59. The number of nitrogens with one attached hydrogen (secondary N) is 1. The summed E-state index contributed by atoms with van der Waals surface area (Å²) in [7, 11) is 0. The minimum Gasteiger partial charge on any atom is -0.357 e. The van der Waals surface area contributed by atoms with E-state index in [1.165, 1.54) is 0 Å². The van der Waals surface area contributed by atoms with Crippen molar-refractivity contribution in [3.63, 3.8) is 0 Å². The molecule has 0 bridgehead atoms. The molecule has 1 N–H and O–H groups in total. The SMILES string of the molecule is CC=CCC(C=NC1N=CCC(c2ccccn2)=N1)c1c[nH]c(C(=O)N2CCn3ccnc3C2)c1. The average molecular weight is 469 g/mol. The van der Waals surface area contributed by atoms with Crippen LogP contribution in [0.2, 0.25) is 0 Å². The van der Waals surface area contributed by atoms with E-state index in [1.54, 1.807) is 12.4 Å². The lowest BCUT2D eigenvalue weighted by atomic mass is 9.99. The van der Waals surface area contributed by atoms with Crippen molar-refractivity contribution in [1.29, 1.82) is 0 Å². The van der Waals surface area contributed by atoms with E-state index in [-0.39, 0.29) is 11.8 Å². The van der Waals surface area contributed by atoms with Crippen molar-refractivity contribution in [3.05, 3.63) is 84.0 Å². The van der Waals surface area contributed by atoms with E-state index in [9.17, 15) is 4.79 Å². The first kappa shape index (κ1) is 22.6. The Kier molecular flexibility index (Phi) is 6.74. The Morgan fingerprint density at radius 1 is 1.29 bits per heavy atom. The fraction of sp³-hybridized carbons (Fsp3) is 0.308. The molecule has 5 heterocycles. The first-order valence-corrected chi connectivity index (χ1v) is 11.8. The van der Waals surface area contributed by atoms with E-state index in [4.69, 9.17) is 0 Å². The topological polar surface area (TPSA) is 104 Å². The van der Waals surface area contributed by atoms with Crippen molar-refractivity contribution in [2.45, 2.75) is 45.1 Å². The van der Waals surface area contributed by atoms with Crippen molar-refractivity contribution in [2.75, 3.05) is 6.54 Å². The fourth-order valence-electron chi connectivity index (χ4n) is 4.25. The van der Waals surface area contributed by atoms with Crippen molar-refractivity contribution in [3.8, 4) is 0 Å². The number of hydrogen-bond donors (Lipinski definition) is 1. The summed E-state index contributed by atoms with van der Waals surface area (Å²) in [6.45, 7) is 3.93. The number of aliphatic imine (C=N–C) groups is 3. The van der Waals surface area contributed by atoms with Gasteiger partial charge in [-0.25, -0.2) is 20.0 Å². The van der Waals surface area contributed by atoms with Gasteiger partial charge in [0.25, 0.3) is 5.91 Å². The van der Waals surface area contributed by atoms with Gasteiger partial charge < -0.3 is 14.5 Å². The predicted octanol–water partition coefficient (Wildman–Crippen LogP) is 3.63.